The van der Waals surface area contributed by atoms with Crippen molar-refractivity contribution in [3.05, 3.63) is 0 Å². The summed E-state index contributed by atoms with van der Waals surface area (Å²) >= 11 is 0. The highest BCUT2D eigenvalue weighted by Crippen LogP contribution is 1.86. The molecule has 0 rings (SSSR count). The van der Waals surface area contributed by atoms with Crippen molar-refractivity contribution in [1.29, 1.82) is 0 Å². The van der Waals surface area contributed by atoms with Gasteiger partial charge in [-0.3, -0.25) is 14.4 Å². The Balaban J connectivity index is -0.000000179. The van der Waals surface area contributed by atoms with Crippen LogP contribution in [0.3, 0.4) is 0 Å². The molecule has 6 nitrogen and oxygen atoms in total. The van der Waals surface area contributed by atoms with Gasteiger partial charge in [-0.05, 0) is 6.42 Å². The summed E-state index contributed by atoms with van der Waals surface area (Å²) < 4.78 is 4.64. The van der Waals surface area contributed by atoms with Gasteiger partial charge in [0.1, 0.15) is 0 Å². The van der Waals surface area contributed by atoms with Gasteiger partial charge in [-0.1, -0.05) is 13.3 Å². The molecule has 6 heteroatoms. The van der Waals surface area contributed by atoms with Crippen molar-refractivity contribution in [2.45, 2.75) is 40.5 Å². The Morgan fingerprint density at radius 2 is 1.31 bits per heavy atom. The van der Waals surface area contributed by atoms with Crippen LogP contribution in [0, 0.1) is 0 Å². The van der Waals surface area contributed by atoms with Crippen LogP contribution in [0.2, 0.25) is 0 Å². The summed E-state index contributed by atoms with van der Waals surface area (Å²) in [6.45, 7) is 6.23. The number of carbonyl (C=O) groups excluding carboxylic acids is 1. The SMILES string of the molecule is CC(=O)O.CC(=O)O.CCCCOC(C)=O. The van der Waals surface area contributed by atoms with E-state index >= 15 is 0 Å². The van der Waals surface area contributed by atoms with Gasteiger partial charge >= 0.3 is 5.97 Å². The maximum absolute atomic E-state index is 10.1. The van der Waals surface area contributed by atoms with Crippen molar-refractivity contribution < 1.29 is 29.3 Å². The van der Waals surface area contributed by atoms with Crippen LogP contribution in [0.4, 0.5) is 0 Å². The van der Waals surface area contributed by atoms with Gasteiger partial charge in [0, 0.05) is 20.8 Å². The lowest BCUT2D eigenvalue weighted by Gasteiger charge is -1.96. The Labute approximate surface area is 95.2 Å². The first-order valence-corrected chi connectivity index (χ1v) is 4.76. The number of carbonyl (C=O) groups is 3. The van der Waals surface area contributed by atoms with E-state index in [9.17, 15) is 4.79 Å². The van der Waals surface area contributed by atoms with Crippen LogP contribution in [0.5, 0.6) is 0 Å². The van der Waals surface area contributed by atoms with Gasteiger partial charge in [-0.15, -0.1) is 0 Å². The summed E-state index contributed by atoms with van der Waals surface area (Å²) in [5, 5.41) is 14.8. The Kier molecular flexibility index (Phi) is 19.7. The fourth-order valence-corrected chi connectivity index (χ4v) is 0.360. The van der Waals surface area contributed by atoms with Gasteiger partial charge < -0.3 is 14.9 Å². The van der Waals surface area contributed by atoms with Gasteiger partial charge in [0.2, 0.25) is 0 Å². The minimum absolute atomic E-state index is 0.182. The van der Waals surface area contributed by atoms with E-state index in [4.69, 9.17) is 19.8 Å². The summed E-state index contributed by atoms with van der Waals surface area (Å²) in [6.07, 6.45) is 2.05. The zero-order chi connectivity index (χ0) is 13.6. The predicted molar refractivity (Wildman–Crippen MR) is 58.2 cm³/mol. The number of hydrogen-bond acceptors (Lipinski definition) is 4. The molecular weight excluding hydrogens is 216 g/mol. The molecule has 0 bridgehead atoms. The van der Waals surface area contributed by atoms with Gasteiger partial charge in [0.05, 0.1) is 6.61 Å². The highest BCUT2D eigenvalue weighted by atomic mass is 16.5. The lowest BCUT2D eigenvalue weighted by molar-refractivity contribution is -0.141. The molecule has 0 aromatic carbocycles. The van der Waals surface area contributed by atoms with Gasteiger partial charge in [0.25, 0.3) is 11.9 Å². The standard InChI is InChI=1S/C6H12O2.2C2H4O2/c1-3-4-5-8-6(2)7;2*1-2(3)4/h3-5H2,1-2H3;2*1H3,(H,3,4). The summed E-state index contributed by atoms with van der Waals surface area (Å²) in [6, 6.07) is 0. The third kappa shape index (κ3) is 139. The zero-order valence-electron chi connectivity index (χ0n) is 10.1. The number of carboxylic acid groups (broad SMARTS) is 2. The van der Waals surface area contributed by atoms with Crippen LogP contribution < -0.4 is 0 Å². The molecule has 96 valence electrons. The first-order valence-electron chi connectivity index (χ1n) is 4.76. The molecule has 0 spiro atoms. The second kappa shape index (κ2) is 15.9. The summed E-state index contributed by atoms with van der Waals surface area (Å²) in [5.74, 6) is -1.85. The average Bonchev–Trinajstić information content (AvgIpc) is 2.01. The van der Waals surface area contributed by atoms with Crippen molar-refractivity contribution in [3.8, 4) is 0 Å². The van der Waals surface area contributed by atoms with Crippen LogP contribution in [-0.4, -0.2) is 34.7 Å². The van der Waals surface area contributed by atoms with Crippen molar-refractivity contribution in [1.82, 2.24) is 0 Å². The molecule has 0 radical (unpaired) electrons. The Hall–Kier alpha value is -1.59. The number of rotatable bonds is 3. The fraction of sp³-hybridized carbons (Fsp3) is 0.700. The van der Waals surface area contributed by atoms with Crippen molar-refractivity contribution >= 4 is 17.9 Å². The largest absolute Gasteiger partial charge is 0.481 e. The number of hydrogen-bond donors (Lipinski definition) is 2. The van der Waals surface area contributed by atoms with E-state index in [-0.39, 0.29) is 5.97 Å². The number of esters is 1. The van der Waals surface area contributed by atoms with Crippen LogP contribution >= 0.6 is 0 Å². The molecule has 0 saturated heterocycles. The van der Waals surface area contributed by atoms with Crippen LogP contribution in [0.25, 0.3) is 0 Å². The Morgan fingerprint density at radius 3 is 1.50 bits per heavy atom. The van der Waals surface area contributed by atoms with E-state index < -0.39 is 11.9 Å². The molecule has 2 N–H and O–H groups in total. The van der Waals surface area contributed by atoms with E-state index in [1.807, 2.05) is 0 Å². The van der Waals surface area contributed by atoms with E-state index in [1.165, 1.54) is 6.92 Å². The molecule has 0 heterocycles. The monoisotopic (exact) mass is 236 g/mol. The molecule has 0 saturated carbocycles. The maximum atomic E-state index is 10.1. The molecule has 0 aliphatic carbocycles. The molecule has 0 amide bonds. The third-order valence-corrected chi connectivity index (χ3v) is 0.803. The highest BCUT2D eigenvalue weighted by Gasteiger charge is 1.88. The number of unbranched alkanes of at least 4 members (excludes halogenated alkanes) is 1. The highest BCUT2D eigenvalue weighted by molar-refractivity contribution is 5.65. The van der Waals surface area contributed by atoms with Gasteiger partial charge in [-0.25, -0.2) is 0 Å². The molecule has 0 aromatic rings. The molecule has 0 atom stereocenters. The van der Waals surface area contributed by atoms with E-state index in [0.717, 1.165) is 26.7 Å². The van der Waals surface area contributed by atoms with E-state index in [1.54, 1.807) is 0 Å². The molecule has 0 aliphatic rings. The minimum Gasteiger partial charge on any atom is -0.481 e. The maximum Gasteiger partial charge on any atom is 0.302 e. The van der Waals surface area contributed by atoms with Crippen LogP contribution in [0.1, 0.15) is 40.5 Å². The van der Waals surface area contributed by atoms with E-state index in [0.29, 0.717) is 6.61 Å². The summed E-state index contributed by atoms with van der Waals surface area (Å²) in [7, 11) is 0. The predicted octanol–water partition coefficient (Wildman–Crippen LogP) is 1.53. The molecule has 0 aliphatic heterocycles. The van der Waals surface area contributed by atoms with Crippen molar-refractivity contribution in [3.63, 3.8) is 0 Å². The molecule has 0 aromatic heterocycles. The number of carboxylic acids is 2. The fourth-order valence-electron chi connectivity index (χ4n) is 0.360. The van der Waals surface area contributed by atoms with Gasteiger partial charge in [-0.2, -0.15) is 0 Å². The molecular formula is C10H20O6. The Bertz CT molecular complexity index is 179. The smallest absolute Gasteiger partial charge is 0.302 e. The van der Waals surface area contributed by atoms with Crippen molar-refractivity contribution in [2.24, 2.45) is 0 Å². The minimum atomic E-state index is -0.833. The second-order valence-corrected chi connectivity index (χ2v) is 2.73. The van der Waals surface area contributed by atoms with Gasteiger partial charge in [0.15, 0.2) is 0 Å². The van der Waals surface area contributed by atoms with Crippen LogP contribution in [-0.2, 0) is 19.1 Å². The molecule has 0 unspecified atom stereocenters. The molecule has 16 heavy (non-hydrogen) atoms. The lowest BCUT2D eigenvalue weighted by atomic mass is 10.4. The zero-order valence-corrected chi connectivity index (χ0v) is 10.1. The summed E-state index contributed by atoms with van der Waals surface area (Å²) in [4.78, 5) is 28.1. The number of aliphatic carboxylic acids is 2. The first kappa shape index (κ1) is 19.9. The topological polar surface area (TPSA) is 101 Å². The van der Waals surface area contributed by atoms with Crippen molar-refractivity contribution in [2.75, 3.05) is 6.61 Å². The summed E-state index contributed by atoms with van der Waals surface area (Å²) in [5.41, 5.74) is 0. The third-order valence-electron chi connectivity index (χ3n) is 0.803. The first-order chi connectivity index (χ1) is 7.23. The Morgan fingerprint density at radius 1 is 1.00 bits per heavy atom. The quantitative estimate of drug-likeness (QED) is 0.569. The number of ether oxygens (including phenoxy) is 1. The molecule has 0 fully saturated rings. The lowest BCUT2D eigenvalue weighted by Crippen LogP contribution is -1.99. The van der Waals surface area contributed by atoms with E-state index in [2.05, 4.69) is 11.7 Å². The second-order valence-electron chi connectivity index (χ2n) is 2.73. The van der Waals surface area contributed by atoms with Crippen LogP contribution in [0.15, 0.2) is 0 Å². The normalized spacial score (nSPS) is 7.50. The average molecular weight is 236 g/mol.